The number of hydrogen-bond acceptors (Lipinski definition) is 3. The van der Waals surface area contributed by atoms with Crippen molar-refractivity contribution in [2.45, 2.75) is 69.9 Å². The minimum atomic E-state index is -0.265. The molecule has 0 spiro atoms. The van der Waals surface area contributed by atoms with Gasteiger partial charge >= 0.3 is 0 Å². The summed E-state index contributed by atoms with van der Waals surface area (Å²) in [6, 6.07) is 2.56. The number of nitrogens with zero attached hydrogens (tertiary/aromatic N) is 1. The summed E-state index contributed by atoms with van der Waals surface area (Å²) in [6.07, 6.45) is 9.83. The van der Waals surface area contributed by atoms with Crippen molar-refractivity contribution < 1.29 is 4.74 Å². The molecular formula is C15H26N2O. The molecule has 2 saturated carbocycles. The van der Waals surface area contributed by atoms with E-state index >= 15 is 0 Å². The summed E-state index contributed by atoms with van der Waals surface area (Å²) in [6.45, 7) is 3.95. The van der Waals surface area contributed by atoms with Crippen molar-refractivity contribution in [1.29, 1.82) is 5.26 Å². The molecule has 0 aromatic heterocycles. The molecule has 0 aromatic carbocycles. The van der Waals surface area contributed by atoms with Gasteiger partial charge in [-0.25, -0.2) is 0 Å². The van der Waals surface area contributed by atoms with Gasteiger partial charge in [0, 0.05) is 6.61 Å². The molecule has 2 fully saturated rings. The lowest BCUT2D eigenvalue weighted by molar-refractivity contribution is -0.00593. The molecular weight excluding hydrogens is 224 g/mol. The third-order valence-electron chi connectivity index (χ3n) is 4.58. The quantitative estimate of drug-likeness (QED) is 0.755. The van der Waals surface area contributed by atoms with Gasteiger partial charge in [0.2, 0.25) is 0 Å². The Morgan fingerprint density at radius 1 is 1.33 bits per heavy atom. The Morgan fingerprint density at radius 3 is 2.78 bits per heavy atom. The van der Waals surface area contributed by atoms with Crippen LogP contribution in [0.15, 0.2) is 0 Å². The second-order valence-corrected chi connectivity index (χ2v) is 5.81. The lowest BCUT2D eigenvalue weighted by atomic mass is 9.86. The van der Waals surface area contributed by atoms with Gasteiger partial charge in [0.1, 0.15) is 5.54 Å². The highest BCUT2D eigenvalue weighted by Crippen LogP contribution is 2.38. The van der Waals surface area contributed by atoms with Crippen LogP contribution < -0.4 is 5.32 Å². The largest absolute Gasteiger partial charge is 0.378 e. The average Bonchev–Trinajstić information content (AvgIpc) is 2.73. The zero-order chi connectivity index (χ0) is 12.8. The summed E-state index contributed by atoms with van der Waals surface area (Å²) in [7, 11) is 0. The third kappa shape index (κ3) is 3.05. The molecule has 102 valence electrons. The van der Waals surface area contributed by atoms with Crippen LogP contribution in [0.2, 0.25) is 0 Å². The van der Waals surface area contributed by atoms with Crippen LogP contribution in [0.4, 0.5) is 0 Å². The van der Waals surface area contributed by atoms with E-state index in [-0.39, 0.29) is 5.54 Å². The molecule has 18 heavy (non-hydrogen) atoms. The summed E-state index contributed by atoms with van der Waals surface area (Å²) in [5, 5.41) is 13.0. The minimum Gasteiger partial charge on any atom is -0.378 e. The van der Waals surface area contributed by atoms with E-state index in [0.29, 0.717) is 12.0 Å². The fourth-order valence-corrected chi connectivity index (χ4v) is 3.15. The smallest absolute Gasteiger partial charge is 0.109 e. The molecule has 2 unspecified atom stereocenters. The fourth-order valence-electron chi connectivity index (χ4n) is 3.15. The minimum absolute atomic E-state index is 0.265. The van der Waals surface area contributed by atoms with Gasteiger partial charge in [-0.05, 0) is 57.4 Å². The number of nitriles is 1. The van der Waals surface area contributed by atoms with E-state index < -0.39 is 0 Å². The molecule has 2 rings (SSSR count). The third-order valence-corrected chi connectivity index (χ3v) is 4.58. The van der Waals surface area contributed by atoms with Crippen molar-refractivity contribution in [3.05, 3.63) is 0 Å². The van der Waals surface area contributed by atoms with Gasteiger partial charge in [-0.3, -0.25) is 5.32 Å². The molecule has 2 atom stereocenters. The Bertz CT molecular complexity index is 295. The molecule has 2 aliphatic rings. The van der Waals surface area contributed by atoms with Gasteiger partial charge in [0.15, 0.2) is 0 Å². The normalized spacial score (nSPS) is 32.1. The summed E-state index contributed by atoms with van der Waals surface area (Å²) in [5.41, 5.74) is -0.265. The van der Waals surface area contributed by atoms with Gasteiger partial charge in [-0.15, -0.1) is 0 Å². The maximum absolute atomic E-state index is 9.53. The molecule has 2 aliphatic carbocycles. The van der Waals surface area contributed by atoms with Gasteiger partial charge < -0.3 is 4.74 Å². The molecule has 0 amide bonds. The summed E-state index contributed by atoms with van der Waals surface area (Å²) in [5.74, 6) is 0.481. The molecule has 3 heteroatoms. The van der Waals surface area contributed by atoms with E-state index in [0.717, 1.165) is 32.4 Å². The second-order valence-electron chi connectivity index (χ2n) is 5.81. The Balaban J connectivity index is 1.79. The van der Waals surface area contributed by atoms with Crippen LogP contribution in [-0.2, 0) is 4.74 Å². The predicted molar refractivity (Wildman–Crippen MR) is 72.2 cm³/mol. The second kappa shape index (κ2) is 6.54. The van der Waals surface area contributed by atoms with Crippen LogP contribution in [0.3, 0.4) is 0 Å². The Kier molecular flexibility index (Phi) is 5.03. The van der Waals surface area contributed by atoms with Crippen LogP contribution in [0, 0.1) is 17.2 Å². The Morgan fingerprint density at radius 2 is 2.17 bits per heavy atom. The number of nitrogens with one attached hydrogen (secondary N) is 1. The van der Waals surface area contributed by atoms with Crippen molar-refractivity contribution in [3.8, 4) is 6.07 Å². The van der Waals surface area contributed by atoms with Crippen LogP contribution in [0.1, 0.15) is 58.3 Å². The molecule has 1 N–H and O–H groups in total. The van der Waals surface area contributed by atoms with E-state index in [1.165, 1.54) is 32.1 Å². The van der Waals surface area contributed by atoms with Crippen LogP contribution in [0.25, 0.3) is 0 Å². The predicted octanol–water partition coefficient (Wildman–Crippen LogP) is 3.01. The topological polar surface area (TPSA) is 45.0 Å². The van der Waals surface area contributed by atoms with Crippen molar-refractivity contribution in [3.63, 3.8) is 0 Å². The molecule has 0 bridgehead atoms. The Hall–Kier alpha value is -0.590. The first kappa shape index (κ1) is 13.8. The average molecular weight is 250 g/mol. The van der Waals surface area contributed by atoms with Gasteiger partial charge in [-0.2, -0.15) is 5.26 Å². The first-order valence-electron chi connectivity index (χ1n) is 7.58. The standard InChI is InChI=1S/C15H26N2O/c1-2-10-17-15(12-16)9-4-5-13(15)8-11-18-14-6-3-7-14/h13-14,17H,2-11H2,1H3. The molecule has 0 radical (unpaired) electrons. The first-order chi connectivity index (χ1) is 8.80. The van der Waals surface area contributed by atoms with Crippen molar-refractivity contribution in [2.75, 3.05) is 13.2 Å². The summed E-state index contributed by atoms with van der Waals surface area (Å²) >= 11 is 0. The van der Waals surface area contributed by atoms with Crippen molar-refractivity contribution in [1.82, 2.24) is 5.32 Å². The van der Waals surface area contributed by atoms with E-state index in [2.05, 4.69) is 18.3 Å². The highest BCUT2D eigenvalue weighted by molar-refractivity contribution is 5.14. The van der Waals surface area contributed by atoms with Crippen LogP contribution >= 0.6 is 0 Å². The molecule has 0 heterocycles. The maximum atomic E-state index is 9.53. The van der Waals surface area contributed by atoms with E-state index in [4.69, 9.17) is 4.74 Å². The van der Waals surface area contributed by atoms with Gasteiger partial charge in [-0.1, -0.05) is 13.3 Å². The van der Waals surface area contributed by atoms with Crippen molar-refractivity contribution in [2.24, 2.45) is 5.92 Å². The lowest BCUT2D eigenvalue weighted by Gasteiger charge is -2.31. The maximum Gasteiger partial charge on any atom is 0.109 e. The van der Waals surface area contributed by atoms with Gasteiger partial charge in [0.05, 0.1) is 12.2 Å². The zero-order valence-electron chi connectivity index (χ0n) is 11.6. The zero-order valence-corrected chi connectivity index (χ0v) is 11.6. The van der Waals surface area contributed by atoms with Crippen LogP contribution in [-0.4, -0.2) is 24.8 Å². The van der Waals surface area contributed by atoms with E-state index in [1.807, 2.05) is 0 Å². The molecule has 3 nitrogen and oxygen atoms in total. The number of ether oxygens (including phenoxy) is 1. The molecule has 0 saturated heterocycles. The highest BCUT2D eigenvalue weighted by atomic mass is 16.5. The van der Waals surface area contributed by atoms with Gasteiger partial charge in [0.25, 0.3) is 0 Å². The van der Waals surface area contributed by atoms with E-state index in [1.54, 1.807) is 0 Å². The van der Waals surface area contributed by atoms with E-state index in [9.17, 15) is 5.26 Å². The Labute approximate surface area is 111 Å². The fraction of sp³-hybridized carbons (Fsp3) is 0.933. The molecule has 0 aliphatic heterocycles. The van der Waals surface area contributed by atoms with Crippen molar-refractivity contribution >= 4 is 0 Å². The summed E-state index contributed by atoms with van der Waals surface area (Å²) in [4.78, 5) is 0. The number of hydrogen-bond donors (Lipinski definition) is 1. The SMILES string of the molecule is CCCNC1(C#N)CCCC1CCOC1CCC1. The number of rotatable bonds is 7. The monoisotopic (exact) mass is 250 g/mol. The highest BCUT2D eigenvalue weighted by Gasteiger charge is 2.42. The van der Waals surface area contributed by atoms with Crippen LogP contribution in [0.5, 0.6) is 0 Å². The first-order valence-corrected chi connectivity index (χ1v) is 7.58. The summed E-state index contributed by atoms with van der Waals surface area (Å²) < 4.78 is 5.84. The molecule has 0 aromatic rings. The lowest BCUT2D eigenvalue weighted by Crippen LogP contribution is -2.47.